The van der Waals surface area contributed by atoms with Crippen molar-refractivity contribution in [2.24, 2.45) is 0 Å². The molecule has 154 valence electrons. The van der Waals surface area contributed by atoms with Crippen molar-refractivity contribution < 1.29 is 14.3 Å². The minimum atomic E-state index is -0.860. The van der Waals surface area contributed by atoms with Crippen LogP contribution in [0.4, 0.5) is 0 Å². The minimum absolute atomic E-state index is 0.218. The molecule has 1 aliphatic rings. The molecular formula is C24H25N3O3. The summed E-state index contributed by atoms with van der Waals surface area (Å²) < 4.78 is 7.20. The van der Waals surface area contributed by atoms with Crippen LogP contribution in [0.2, 0.25) is 0 Å². The zero-order valence-corrected chi connectivity index (χ0v) is 17.2. The van der Waals surface area contributed by atoms with Gasteiger partial charge < -0.3 is 10.1 Å². The predicted molar refractivity (Wildman–Crippen MR) is 114 cm³/mol. The monoisotopic (exact) mass is 403 g/mol. The van der Waals surface area contributed by atoms with E-state index in [4.69, 9.17) is 4.74 Å². The number of nitrogens with one attached hydrogen (secondary N) is 1. The van der Waals surface area contributed by atoms with Crippen LogP contribution in [0.25, 0.3) is 11.3 Å². The van der Waals surface area contributed by atoms with Gasteiger partial charge in [0, 0.05) is 17.8 Å². The molecular weight excluding hydrogens is 378 g/mol. The fraction of sp³-hybridized carbons (Fsp3) is 0.292. The highest BCUT2D eigenvalue weighted by molar-refractivity contribution is 5.97. The van der Waals surface area contributed by atoms with Gasteiger partial charge in [-0.05, 0) is 32.3 Å². The molecule has 0 unspecified atom stereocenters. The van der Waals surface area contributed by atoms with Crippen molar-refractivity contribution in [1.29, 1.82) is 0 Å². The number of amides is 1. The molecule has 6 nitrogen and oxygen atoms in total. The van der Waals surface area contributed by atoms with Crippen molar-refractivity contribution in [2.75, 3.05) is 0 Å². The lowest BCUT2D eigenvalue weighted by molar-refractivity contribution is -0.129. The number of benzene rings is 2. The molecule has 1 atom stereocenters. The molecule has 1 aliphatic carbocycles. The second kappa shape index (κ2) is 8.53. The molecule has 0 radical (unpaired) electrons. The first-order chi connectivity index (χ1) is 14.5. The second-order valence-corrected chi connectivity index (χ2v) is 7.77. The van der Waals surface area contributed by atoms with Crippen molar-refractivity contribution in [1.82, 2.24) is 15.1 Å². The van der Waals surface area contributed by atoms with Crippen LogP contribution in [0.3, 0.4) is 0 Å². The van der Waals surface area contributed by atoms with E-state index in [1.165, 1.54) is 0 Å². The van der Waals surface area contributed by atoms with Crippen molar-refractivity contribution in [3.05, 3.63) is 77.5 Å². The molecule has 1 fully saturated rings. The molecule has 1 heterocycles. The summed E-state index contributed by atoms with van der Waals surface area (Å²) >= 11 is 0. The Morgan fingerprint density at radius 2 is 1.83 bits per heavy atom. The fourth-order valence-corrected chi connectivity index (χ4v) is 3.17. The van der Waals surface area contributed by atoms with E-state index >= 15 is 0 Å². The largest absolute Gasteiger partial charge is 0.449 e. The molecule has 1 aromatic heterocycles. The highest BCUT2D eigenvalue weighted by Crippen LogP contribution is 2.24. The predicted octanol–water partition coefficient (Wildman–Crippen LogP) is 3.73. The van der Waals surface area contributed by atoms with Gasteiger partial charge >= 0.3 is 5.97 Å². The maximum Gasteiger partial charge on any atom is 0.342 e. The number of nitrogens with zero attached hydrogens (tertiary/aromatic N) is 2. The summed E-state index contributed by atoms with van der Waals surface area (Å²) in [5.41, 5.74) is 3.92. The van der Waals surface area contributed by atoms with Gasteiger partial charge in [-0.2, -0.15) is 5.10 Å². The molecule has 2 aromatic carbocycles. The molecule has 0 spiro atoms. The Hall–Kier alpha value is -3.41. The lowest BCUT2D eigenvalue weighted by atomic mass is 10.1. The molecule has 30 heavy (non-hydrogen) atoms. The first kappa shape index (κ1) is 19.9. The smallest absolute Gasteiger partial charge is 0.342 e. The Morgan fingerprint density at radius 1 is 1.13 bits per heavy atom. The van der Waals surface area contributed by atoms with Crippen molar-refractivity contribution in [2.45, 2.75) is 45.4 Å². The quantitative estimate of drug-likeness (QED) is 0.610. The average Bonchev–Trinajstić information content (AvgIpc) is 3.46. The summed E-state index contributed by atoms with van der Waals surface area (Å²) in [4.78, 5) is 25.1. The summed E-state index contributed by atoms with van der Waals surface area (Å²) in [5.74, 6) is -0.817. The van der Waals surface area contributed by atoms with E-state index < -0.39 is 12.1 Å². The van der Waals surface area contributed by atoms with E-state index in [9.17, 15) is 9.59 Å². The van der Waals surface area contributed by atoms with Crippen LogP contribution < -0.4 is 5.32 Å². The number of aromatic nitrogens is 2. The van der Waals surface area contributed by atoms with Gasteiger partial charge in [0.25, 0.3) is 5.91 Å². The first-order valence-electron chi connectivity index (χ1n) is 10.2. The van der Waals surface area contributed by atoms with E-state index in [0.717, 1.165) is 29.5 Å². The number of hydrogen-bond acceptors (Lipinski definition) is 4. The number of aryl methyl sites for hydroxylation is 1. The molecule has 3 aromatic rings. The van der Waals surface area contributed by atoms with E-state index in [0.29, 0.717) is 17.8 Å². The molecule has 0 aliphatic heterocycles. The zero-order chi connectivity index (χ0) is 21.1. The van der Waals surface area contributed by atoms with Crippen molar-refractivity contribution in [3.8, 4) is 11.3 Å². The summed E-state index contributed by atoms with van der Waals surface area (Å²) in [5, 5.41) is 7.52. The second-order valence-electron chi connectivity index (χ2n) is 7.77. The fourth-order valence-electron chi connectivity index (χ4n) is 3.17. The van der Waals surface area contributed by atoms with Crippen LogP contribution in [-0.4, -0.2) is 33.8 Å². The van der Waals surface area contributed by atoms with Crippen LogP contribution in [0.5, 0.6) is 0 Å². The lowest BCUT2D eigenvalue weighted by Gasteiger charge is -2.13. The summed E-state index contributed by atoms with van der Waals surface area (Å²) in [6.45, 7) is 4.13. The van der Waals surface area contributed by atoms with Crippen molar-refractivity contribution in [3.63, 3.8) is 0 Å². The molecule has 1 N–H and O–H groups in total. The summed E-state index contributed by atoms with van der Waals surface area (Å²) in [6, 6.07) is 18.0. The van der Waals surface area contributed by atoms with Crippen molar-refractivity contribution >= 4 is 11.9 Å². The van der Waals surface area contributed by atoms with E-state index in [1.807, 2.05) is 61.5 Å². The average molecular weight is 403 g/mol. The molecule has 1 amide bonds. The maximum absolute atomic E-state index is 12.9. The molecule has 0 saturated heterocycles. The van der Waals surface area contributed by atoms with Crippen LogP contribution in [0.1, 0.15) is 41.3 Å². The normalized spacial score (nSPS) is 14.2. The third-order valence-corrected chi connectivity index (χ3v) is 5.07. The Morgan fingerprint density at radius 3 is 2.50 bits per heavy atom. The number of carbonyl (C=O) groups excluding carboxylic acids is 2. The SMILES string of the molecule is Cc1ccc(-c2nn(Cc3ccccc3)cc2C(=O)O[C@@H](C)C(=O)NC2CC2)cc1. The molecule has 4 rings (SSSR count). The number of carbonyl (C=O) groups is 2. The first-order valence-corrected chi connectivity index (χ1v) is 10.2. The highest BCUT2D eigenvalue weighted by atomic mass is 16.5. The number of hydrogen-bond donors (Lipinski definition) is 1. The number of rotatable bonds is 7. The highest BCUT2D eigenvalue weighted by Gasteiger charge is 2.28. The molecule has 1 saturated carbocycles. The number of ether oxygens (including phenoxy) is 1. The minimum Gasteiger partial charge on any atom is -0.449 e. The standard InChI is InChI=1S/C24H25N3O3/c1-16-8-10-19(11-9-16)22-21(15-27(26-22)14-18-6-4-3-5-7-18)24(29)30-17(2)23(28)25-20-12-13-20/h3-11,15,17,20H,12-14H2,1-2H3,(H,25,28)/t17-/m0/s1. The Kier molecular flexibility index (Phi) is 5.65. The Labute approximate surface area is 175 Å². The topological polar surface area (TPSA) is 73.2 Å². The third-order valence-electron chi connectivity index (χ3n) is 5.07. The van der Waals surface area contributed by atoms with Crippen LogP contribution in [0, 0.1) is 6.92 Å². The van der Waals surface area contributed by atoms with Crippen LogP contribution >= 0.6 is 0 Å². The van der Waals surface area contributed by atoms with E-state index in [1.54, 1.807) is 17.8 Å². The molecule has 6 heteroatoms. The third kappa shape index (κ3) is 4.76. The zero-order valence-electron chi connectivity index (χ0n) is 17.2. The van der Waals surface area contributed by atoms with Crippen LogP contribution in [-0.2, 0) is 16.1 Å². The van der Waals surface area contributed by atoms with Gasteiger partial charge in [0.1, 0.15) is 11.3 Å². The lowest BCUT2D eigenvalue weighted by Crippen LogP contribution is -2.37. The number of esters is 1. The Bertz CT molecular complexity index is 1040. The Balaban J connectivity index is 1.59. The van der Waals surface area contributed by atoms with E-state index in [-0.39, 0.29) is 11.9 Å². The van der Waals surface area contributed by atoms with Gasteiger partial charge in [0.15, 0.2) is 6.10 Å². The van der Waals surface area contributed by atoms with Gasteiger partial charge in [0.2, 0.25) is 0 Å². The van der Waals surface area contributed by atoms with E-state index in [2.05, 4.69) is 10.4 Å². The van der Waals surface area contributed by atoms with Gasteiger partial charge in [-0.3, -0.25) is 9.48 Å². The van der Waals surface area contributed by atoms with Crippen LogP contribution in [0.15, 0.2) is 60.8 Å². The van der Waals surface area contributed by atoms with Gasteiger partial charge in [-0.15, -0.1) is 0 Å². The van der Waals surface area contributed by atoms with Gasteiger partial charge in [-0.25, -0.2) is 4.79 Å². The maximum atomic E-state index is 12.9. The summed E-state index contributed by atoms with van der Waals surface area (Å²) in [6.07, 6.45) is 2.80. The molecule has 0 bridgehead atoms. The van der Waals surface area contributed by atoms with Gasteiger partial charge in [-0.1, -0.05) is 60.2 Å². The summed E-state index contributed by atoms with van der Waals surface area (Å²) in [7, 11) is 0. The van der Waals surface area contributed by atoms with Gasteiger partial charge in [0.05, 0.1) is 6.54 Å².